The van der Waals surface area contributed by atoms with Gasteiger partial charge in [-0.2, -0.15) is 0 Å². The molecule has 0 saturated carbocycles. The normalized spacial score (nSPS) is 14.0. The fourth-order valence-electron chi connectivity index (χ4n) is 3.89. The molecule has 0 spiro atoms. The van der Waals surface area contributed by atoms with E-state index in [0.717, 1.165) is 39.1 Å². The number of aromatic nitrogens is 2. The minimum atomic E-state index is -1.26. The van der Waals surface area contributed by atoms with Gasteiger partial charge in [-0.1, -0.05) is 29.8 Å². The second kappa shape index (κ2) is 12.7. The van der Waals surface area contributed by atoms with Gasteiger partial charge in [-0.25, -0.2) is 14.4 Å². The Labute approximate surface area is 211 Å². The van der Waals surface area contributed by atoms with Crippen LogP contribution in [0.5, 0.6) is 0 Å². The smallest absolute Gasteiger partial charge is 0.328 e. The molecule has 3 aromatic rings. The van der Waals surface area contributed by atoms with Crippen molar-refractivity contribution in [1.82, 2.24) is 14.5 Å². The minimum Gasteiger partial charge on any atom is -0.478 e. The van der Waals surface area contributed by atoms with Crippen LogP contribution in [-0.4, -0.2) is 69.3 Å². The molecule has 0 unspecified atom stereocenters. The summed E-state index contributed by atoms with van der Waals surface area (Å²) in [5, 5.41) is 16.6. The van der Waals surface area contributed by atoms with Crippen LogP contribution in [0.25, 0.3) is 10.9 Å². The van der Waals surface area contributed by atoms with Gasteiger partial charge in [-0.3, -0.25) is 14.3 Å². The number of piperazine rings is 1. The molecule has 0 aliphatic carbocycles. The molecule has 1 aliphatic rings. The van der Waals surface area contributed by atoms with Crippen molar-refractivity contribution >= 4 is 40.1 Å². The molecule has 11 heteroatoms. The molecule has 190 valence electrons. The molecule has 1 saturated heterocycles. The van der Waals surface area contributed by atoms with Gasteiger partial charge in [-0.05, 0) is 43.3 Å². The Morgan fingerprint density at radius 3 is 2.17 bits per heavy atom. The zero-order valence-electron chi connectivity index (χ0n) is 19.5. The Balaban J connectivity index is 0.000000392. The predicted octanol–water partition coefficient (Wildman–Crippen LogP) is 2.27. The van der Waals surface area contributed by atoms with E-state index in [1.807, 2.05) is 6.07 Å². The van der Waals surface area contributed by atoms with Crippen LogP contribution in [0.3, 0.4) is 0 Å². The number of carboxylic acid groups (broad SMARTS) is 2. The average molecular weight is 515 g/mol. The summed E-state index contributed by atoms with van der Waals surface area (Å²) in [7, 11) is 0. The van der Waals surface area contributed by atoms with Crippen molar-refractivity contribution in [3.8, 4) is 0 Å². The number of rotatable bonds is 7. The van der Waals surface area contributed by atoms with E-state index in [1.54, 1.807) is 18.2 Å². The standard InChI is InChI=1S/C21H23ClN4O2.C4H4O4/c22-16-7-8-19-18(15-16)20(27)26(21(28)23-19)10-4-9-24-11-13-25(14-12-24)17-5-2-1-3-6-17;5-3(6)1-2-4(7)8/h1-3,5-8,15H,4,9-14H2,(H,23,28);1-2H,(H,5,6)(H,7,8)/b;2-1-. The van der Waals surface area contributed by atoms with Crippen molar-refractivity contribution in [2.24, 2.45) is 0 Å². The van der Waals surface area contributed by atoms with Gasteiger partial charge in [0.2, 0.25) is 0 Å². The lowest BCUT2D eigenvalue weighted by Gasteiger charge is -2.36. The molecular formula is C25H27ClN4O6. The second-order valence-corrected chi connectivity index (χ2v) is 8.54. The van der Waals surface area contributed by atoms with Crippen LogP contribution in [0.2, 0.25) is 5.02 Å². The number of H-pyrrole nitrogens is 1. The summed E-state index contributed by atoms with van der Waals surface area (Å²) in [4.78, 5) is 51.6. The van der Waals surface area contributed by atoms with E-state index >= 15 is 0 Å². The largest absolute Gasteiger partial charge is 0.478 e. The number of fused-ring (bicyclic) bond motifs is 1. The van der Waals surface area contributed by atoms with Crippen LogP contribution in [0.1, 0.15) is 6.42 Å². The third-order valence-corrected chi connectivity index (χ3v) is 5.90. The first-order valence-corrected chi connectivity index (χ1v) is 11.7. The van der Waals surface area contributed by atoms with Gasteiger partial charge in [0.25, 0.3) is 5.56 Å². The molecule has 2 aromatic carbocycles. The van der Waals surface area contributed by atoms with Gasteiger partial charge in [0.15, 0.2) is 0 Å². The first kappa shape index (κ1) is 26.7. The van der Waals surface area contributed by atoms with Crippen molar-refractivity contribution in [3.05, 3.63) is 86.5 Å². The van der Waals surface area contributed by atoms with Gasteiger partial charge < -0.3 is 20.1 Å². The van der Waals surface area contributed by atoms with Crippen LogP contribution in [0, 0.1) is 0 Å². The molecule has 0 atom stereocenters. The lowest BCUT2D eigenvalue weighted by Crippen LogP contribution is -2.47. The topological polar surface area (TPSA) is 136 Å². The summed E-state index contributed by atoms with van der Waals surface area (Å²) >= 11 is 5.99. The molecular weight excluding hydrogens is 488 g/mol. The highest BCUT2D eigenvalue weighted by molar-refractivity contribution is 6.31. The van der Waals surface area contributed by atoms with Crippen LogP contribution >= 0.6 is 11.6 Å². The van der Waals surface area contributed by atoms with E-state index in [-0.39, 0.29) is 11.2 Å². The number of nitrogens with one attached hydrogen (secondary N) is 1. The molecule has 10 nitrogen and oxygen atoms in total. The first-order valence-electron chi connectivity index (χ1n) is 11.3. The van der Waals surface area contributed by atoms with E-state index in [1.165, 1.54) is 10.3 Å². The maximum atomic E-state index is 12.6. The molecule has 4 rings (SSSR count). The highest BCUT2D eigenvalue weighted by Gasteiger charge is 2.17. The van der Waals surface area contributed by atoms with Crippen molar-refractivity contribution < 1.29 is 19.8 Å². The first-order chi connectivity index (χ1) is 17.2. The molecule has 0 amide bonds. The fraction of sp³-hybridized carbons (Fsp3) is 0.280. The Morgan fingerprint density at radius 1 is 0.917 bits per heavy atom. The van der Waals surface area contributed by atoms with Crippen molar-refractivity contribution in [3.63, 3.8) is 0 Å². The number of halogens is 1. The van der Waals surface area contributed by atoms with Crippen molar-refractivity contribution in [1.29, 1.82) is 0 Å². The monoisotopic (exact) mass is 514 g/mol. The summed E-state index contributed by atoms with van der Waals surface area (Å²) in [5.74, 6) is -2.51. The van der Waals surface area contributed by atoms with Gasteiger partial charge in [-0.15, -0.1) is 0 Å². The average Bonchev–Trinajstić information content (AvgIpc) is 2.86. The lowest BCUT2D eigenvalue weighted by atomic mass is 10.2. The zero-order chi connectivity index (χ0) is 26.1. The number of hydrogen-bond donors (Lipinski definition) is 3. The van der Waals surface area contributed by atoms with Crippen molar-refractivity contribution in [2.45, 2.75) is 13.0 Å². The Kier molecular flexibility index (Phi) is 9.43. The number of aromatic amines is 1. The number of para-hydroxylation sites is 1. The summed E-state index contributed by atoms with van der Waals surface area (Å²) in [6, 6.07) is 15.4. The quantitative estimate of drug-likeness (QED) is 0.408. The van der Waals surface area contributed by atoms with E-state index in [0.29, 0.717) is 34.6 Å². The number of carboxylic acids is 2. The van der Waals surface area contributed by atoms with E-state index < -0.39 is 11.9 Å². The molecule has 3 N–H and O–H groups in total. The summed E-state index contributed by atoms with van der Waals surface area (Å²) in [5.41, 5.74) is 1.13. The highest BCUT2D eigenvalue weighted by atomic mass is 35.5. The summed E-state index contributed by atoms with van der Waals surface area (Å²) in [6.07, 6.45) is 1.87. The van der Waals surface area contributed by atoms with Gasteiger partial charge in [0, 0.05) is 55.6 Å². The SMILES string of the molecule is O=C(O)/C=C\C(=O)O.O=c1[nH]c2ccc(Cl)cc2c(=O)n1CCCN1CCN(c2ccccc2)CC1. The Morgan fingerprint density at radius 2 is 1.56 bits per heavy atom. The van der Waals surface area contributed by atoms with Gasteiger partial charge >= 0.3 is 17.6 Å². The van der Waals surface area contributed by atoms with Crippen LogP contribution in [0.4, 0.5) is 5.69 Å². The molecule has 0 bridgehead atoms. The molecule has 1 aromatic heterocycles. The van der Waals surface area contributed by atoms with Crippen LogP contribution < -0.4 is 16.1 Å². The number of nitrogens with zero attached hydrogens (tertiary/aromatic N) is 3. The van der Waals surface area contributed by atoms with E-state index in [2.05, 4.69) is 39.0 Å². The third kappa shape index (κ3) is 7.56. The van der Waals surface area contributed by atoms with Crippen molar-refractivity contribution in [2.75, 3.05) is 37.6 Å². The minimum absolute atomic E-state index is 0.282. The number of benzene rings is 2. The second-order valence-electron chi connectivity index (χ2n) is 8.10. The van der Waals surface area contributed by atoms with Crippen LogP contribution in [0.15, 0.2) is 70.3 Å². The number of carbonyl (C=O) groups is 2. The maximum Gasteiger partial charge on any atom is 0.328 e. The molecule has 1 fully saturated rings. The number of aliphatic carboxylic acids is 2. The van der Waals surface area contributed by atoms with Gasteiger partial charge in [0.05, 0.1) is 10.9 Å². The summed E-state index contributed by atoms with van der Waals surface area (Å²) in [6.45, 7) is 5.19. The number of hydrogen-bond acceptors (Lipinski definition) is 6. The summed E-state index contributed by atoms with van der Waals surface area (Å²) < 4.78 is 1.28. The fourth-order valence-corrected chi connectivity index (χ4v) is 4.06. The third-order valence-electron chi connectivity index (χ3n) is 5.66. The highest BCUT2D eigenvalue weighted by Crippen LogP contribution is 2.16. The molecule has 0 radical (unpaired) electrons. The van der Waals surface area contributed by atoms with E-state index in [4.69, 9.17) is 21.8 Å². The Bertz CT molecular complexity index is 1330. The lowest BCUT2D eigenvalue weighted by molar-refractivity contribution is -0.134. The predicted molar refractivity (Wildman–Crippen MR) is 138 cm³/mol. The maximum absolute atomic E-state index is 12.6. The van der Waals surface area contributed by atoms with Gasteiger partial charge in [0.1, 0.15) is 0 Å². The number of anilines is 1. The molecule has 2 heterocycles. The molecule has 36 heavy (non-hydrogen) atoms. The molecule has 1 aliphatic heterocycles. The van der Waals surface area contributed by atoms with Crippen LogP contribution in [-0.2, 0) is 16.1 Å². The Hall–Kier alpha value is -3.89. The van der Waals surface area contributed by atoms with E-state index in [9.17, 15) is 19.2 Å². The zero-order valence-corrected chi connectivity index (χ0v) is 20.2.